The zero-order chi connectivity index (χ0) is 19.4. The van der Waals surface area contributed by atoms with Crippen LogP contribution in [0.25, 0.3) is 0 Å². The van der Waals surface area contributed by atoms with Crippen LogP contribution >= 0.6 is 0 Å². The van der Waals surface area contributed by atoms with E-state index in [1.54, 1.807) is 14.0 Å². The zero-order valence-electron chi connectivity index (χ0n) is 14.7. The Morgan fingerprint density at radius 1 is 1.31 bits per heavy atom. The fourth-order valence-corrected chi connectivity index (χ4v) is 2.33. The Morgan fingerprint density at radius 3 is 2.50 bits per heavy atom. The summed E-state index contributed by atoms with van der Waals surface area (Å²) in [5, 5.41) is 12.5. The van der Waals surface area contributed by atoms with Gasteiger partial charge in [0.15, 0.2) is 5.75 Å². The Hall–Kier alpha value is -3.16. The molecule has 2 aromatic rings. The van der Waals surface area contributed by atoms with Crippen LogP contribution in [-0.2, 0) is 11.3 Å². The molecule has 0 radical (unpaired) electrons. The molecule has 0 saturated carbocycles. The molecule has 2 amide bonds. The first-order valence-corrected chi connectivity index (χ1v) is 7.93. The molecule has 0 aliphatic rings. The number of hydrogen-bond donors (Lipinski definition) is 3. The van der Waals surface area contributed by atoms with Gasteiger partial charge in [-0.1, -0.05) is 12.1 Å². The lowest BCUT2D eigenvalue weighted by Gasteiger charge is -2.24. The highest BCUT2D eigenvalue weighted by atomic mass is 19.1. The van der Waals surface area contributed by atoms with E-state index in [2.05, 4.69) is 10.3 Å². The minimum Gasteiger partial charge on any atom is -0.502 e. The molecule has 7 nitrogen and oxygen atoms in total. The van der Waals surface area contributed by atoms with Gasteiger partial charge in [-0.3, -0.25) is 14.4 Å². The van der Waals surface area contributed by atoms with Crippen LogP contribution in [0.1, 0.15) is 41.5 Å². The SMILES string of the molecule is CC(=O)N(C)C(C)c1cc(C(=O)NCc2ccc(F)cc2)c(O)c(=O)[nH]1. The Kier molecular flexibility index (Phi) is 5.76. The van der Waals surface area contributed by atoms with Crippen molar-refractivity contribution in [3.8, 4) is 5.75 Å². The van der Waals surface area contributed by atoms with Crippen LogP contribution in [0.4, 0.5) is 4.39 Å². The summed E-state index contributed by atoms with van der Waals surface area (Å²) in [7, 11) is 1.56. The number of aromatic amines is 1. The van der Waals surface area contributed by atoms with Gasteiger partial charge in [-0.25, -0.2) is 4.39 Å². The highest BCUT2D eigenvalue weighted by molar-refractivity contribution is 5.96. The van der Waals surface area contributed by atoms with Crippen molar-refractivity contribution >= 4 is 11.8 Å². The number of halogens is 1. The van der Waals surface area contributed by atoms with Gasteiger partial charge in [0.2, 0.25) is 5.91 Å². The maximum absolute atomic E-state index is 12.9. The van der Waals surface area contributed by atoms with Crippen molar-refractivity contribution in [1.82, 2.24) is 15.2 Å². The fourth-order valence-electron chi connectivity index (χ4n) is 2.33. The summed E-state index contributed by atoms with van der Waals surface area (Å²) in [6.45, 7) is 3.17. The summed E-state index contributed by atoms with van der Waals surface area (Å²) < 4.78 is 12.9. The van der Waals surface area contributed by atoms with Crippen molar-refractivity contribution in [3.05, 3.63) is 63.3 Å². The first kappa shape index (κ1) is 19.2. The molecule has 1 heterocycles. The molecule has 8 heteroatoms. The van der Waals surface area contributed by atoms with Gasteiger partial charge in [0.25, 0.3) is 11.5 Å². The largest absolute Gasteiger partial charge is 0.502 e. The summed E-state index contributed by atoms with van der Waals surface area (Å²) in [5.74, 6) is -1.96. The minimum absolute atomic E-state index is 0.101. The standard InChI is InChI=1S/C18H20FN3O4/c1-10(22(3)11(2)23)15-8-14(16(24)18(26)21-15)17(25)20-9-12-4-6-13(19)7-5-12/h4-8,10,24H,9H2,1-3H3,(H,20,25)(H,21,26). The van der Waals surface area contributed by atoms with Crippen molar-refractivity contribution in [3.63, 3.8) is 0 Å². The Bertz CT molecular complexity index is 877. The van der Waals surface area contributed by atoms with E-state index in [9.17, 15) is 23.9 Å². The molecular weight excluding hydrogens is 341 g/mol. The Morgan fingerprint density at radius 2 is 1.92 bits per heavy atom. The second-order valence-corrected chi connectivity index (χ2v) is 5.93. The van der Waals surface area contributed by atoms with E-state index in [0.29, 0.717) is 11.3 Å². The fraction of sp³-hybridized carbons (Fsp3) is 0.278. The summed E-state index contributed by atoms with van der Waals surface area (Å²) in [4.78, 5) is 39.6. The summed E-state index contributed by atoms with van der Waals surface area (Å²) >= 11 is 0. The van der Waals surface area contributed by atoms with Crippen LogP contribution in [0.15, 0.2) is 35.1 Å². The highest BCUT2D eigenvalue weighted by Crippen LogP contribution is 2.20. The van der Waals surface area contributed by atoms with Crippen LogP contribution in [0.3, 0.4) is 0 Å². The summed E-state index contributed by atoms with van der Waals surface area (Å²) in [6, 6.07) is 6.41. The molecule has 1 aromatic heterocycles. The van der Waals surface area contributed by atoms with E-state index in [0.717, 1.165) is 0 Å². The van der Waals surface area contributed by atoms with E-state index in [1.165, 1.54) is 42.2 Å². The summed E-state index contributed by atoms with van der Waals surface area (Å²) in [5.41, 5.74) is -0.0423. The van der Waals surface area contributed by atoms with Gasteiger partial charge in [0, 0.05) is 26.2 Å². The second kappa shape index (κ2) is 7.81. The number of pyridine rings is 1. The molecule has 1 aromatic carbocycles. The minimum atomic E-state index is -0.821. The number of nitrogens with one attached hydrogen (secondary N) is 2. The molecule has 1 unspecified atom stereocenters. The maximum atomic E-state index is 12.9. The van der Waals surface area contributed by atoms with E-state index in [-0.39, 0.29) is 23.8 Å². The van der Waals surface area contributed by atoms with Crippen molar-refractivity contribution < 1.29 is 19.1 Å². The Labute approximate surface area is 149 Å². The normalized spacial score (nSPS) is 11.7. The third kappa shape index (κ3) is 4.27. The molecule has 3 N–H and O–H groups in total. The number of amides is 2. The number of carbonyl (C=O) groups is 2. The average molecular weight is 361 g/mol. The monoisotopic (exact) mass is 361 g/mol. The first-order chi connectivity index (χ1) is 12.2. The highest BCUT2D eigenvalue weighted by Gasteiger charge is 2.21. The number of benzene rings is 1. The number of hydrogen-bond acceptors (Lipinski definition) is 4. The quantitative estimate of drug-likeness (QED) is 0.754. The van der Waals surface area contributed by atoms with E-state index in [1.807, 2.05) is 0 Å². The third-order valence-corrected chi connectivity index (χ3v) is 4.17. The van der Waals surface area contributed by atoms with Crippen LogP contribution < -0.4 is 10.9 Å². The van der Waals surface area contributed by atoms with Gasteiger partial charge in [0.05, 0.1) is 11.6 Å². The molecule has 0 aliphatic carbocycles. The summed E-state index contributed by atoms with van der Waals surface area (Å²) in [6.07, 6.45) is 0. The first-order valence-electron chi connectivity index (χ1n) is 7.93. The number of aromatic nitrogens is 1. The number of rotatable bonds is 5. The second-order valence-electron chi connectivity index (χ2n) is 5.93. The van der Waals surface area contributed by atoms with E-state index < -0.39 is 23.3 Å². The van der Waals surface area contributed by atoms with Crippen molar-refractivity contribution in [2.24, 2.45) is 0 Å². The number of aromatic hydroxyl groups is 1. The molecule has 1 atom stereocenters. The van der Waals surface area contributed by atoms with Crippen LogP contribution in [-0.4, -0.2) is 33.9 Å². The third-order valence-electron chi connectivity index (χ3n) is 4.17. The number of H-pyrrole nitrogens is 1. The van der Waals surface area contributed by atoms with Crippen LogP contribution in [0.5, 0.6) is 5.75 Å². The van der Waals surface area contributed by atoms with Gasteiger partial charge in [-0.05, 0) is 30.7 Å². The molecule has 26 heavy (non-hydrogen) atoms. The lowest BCUT2D eigenvalue weighted by molar-refractivity contribution is -0.129. The lowest BCUT2D eigenvalue weighted by Crippen LogP contribution is -2.30. The zero-order valence-corrected chi connectivity index (χ0v) is 14.7. The Balaban J connectivity index is 2.24. The smallest absolute Gasteiger partial charge is 0.291 e. The van der Waals surface area contributed by atoms with Gasteiger partial charge in [-0.15, -0.1) is 0 Å². The molecule has 0 spiro atoms. The van der Waals surface area contributed by atoms with Crippen molar-refractivity contribution in [2.45, 2.75) is 26.4 Å². The molecule has 0 saturated heterocycles. The molecular formula is C18H20FN3O4. The average Bonchev–Trinajstić information content (AvgIpc) is 2.61. The van der Waals surface area contributed by atoms with Gasteiger partial charge in [-0.2, -0.15) is 0 Å². The molecule has 138 valence electrons. The van der Waals surface area contributed by atoms with Gasteiger partial charge in [0.1, 0.15) is 5.82 Å². The van der Waals surface area contributed by atoms with Crippen molar-refractivity contribution in [1.29, 1.82) is 0 Å². The number of carbonyl (C=O) groups excluding carboxylic acids is 2. The van der Waals surface area contributed by atoms with Crippen molar-refractivity contribution in [2.75, 3.05) is 7.05 Å². The molecule has 2 rings (SSSR count). The van der Waals surface area contributed by atoms with E-state index in [4.69, 9.17) is 0 Å². The molecule has 0 aliphatic heterocycles. The predicted molar refractivity (Wildman–Crippen MR) is 93.2 cm³/mol. The van der Waals surface area contributed by atoms with Crippen LogP contribution in [0.2, 0.25) is 0 Å². The maximum Gasteiger partial charge on any atom is 0.291 e. The van der Waals surface area contributed by atoms with E-state index >= 15 is 0 Å². The van der Waals surface area contributed by atoms with Gasteiger partial charge < -0.3 is 20.3 Å². The number of nitrogens with zero attached hydrogens (tertiary/aromatic N) is 1. The van der Waals surface area contributed by atoms with Gasteiger partial charge >= 0.3 is 0 Å². The topological polar surface area (TPSA) is 102 Å². The van der Waals surface area contributed by atoms with Crippen LogP contribution in [0, 0.1) is 5.82 Å². The lowest BCUT2D eigenvalue weighted by atomic mass is 10.1. The molecule has 0 bridgehead atoms. The molecule has 0 fully saturated rings. The predicted octanol–water partition coefficient (Wildman–Crippen LogP) is 1.69.